The van der Waals surface area contributed by atoms with Gasteiger partial charge in [-0.2, -0.15) is 0 Å². The minimum atomic E-state index is -4.14. The van der Waals surface area contributed by atoms with Gasteiger partial charge in [0.2, 0.25) is 11.8 Å². The minimum absolute atomic E-state index is 0.0524. The van der Waals surface area contributed by atoms with Gasteiger partial charge in [-0.3, -0.25) is 14.4 Å². The Morgan fingerprint density at radius 2 is 1.83 bits per heavy atom. The number of amides is 3. The molecule has 0 bridgehead atoms. The zero-order valence-electron chi connectivity index (χ0n) is 20.1. The molecule has 1 aliphatic heterocycles. The molecule has 1 heterocycles. The number of hydrogen-bond acceptors (Lipinski definition) is 5. The Hall–Kier alpha value is -3.20. The number of aryl methyl sites for hydroxylation is 1. The maximum absolute atomic E-state index is 13.6. The molecule has 0 saturated heterocycles. The summed E-state index contributed by atoms with van der Waals surface area (Å²) < 4.78 is 26.6. The summed E-state index contributed by atoms with van der Waals surface area (Å²) in [6.45, 7) is 3.23. The minimum Gasteiger partial charge on any atom is -0.352 e. The van der Waals surface area contributed by atoms with E-state index in [1.807, 2.05) is 38.1 Å². The lowest BCUT2D eigenvalue weighted by atomic mass is 10.1. The highest BCUT2D eigenvalue weighted by Gasteiger charge is 2.43. The average molecular weight is 498 g/mol. The third-order valence-electron chi connectivity index (χ3n) is 6.71. The molecule has 2 aliphatic rings. The fourth-order valence-corrected chi connectivity index (χ4v) is 6.41. The number of benzene rings is 2. The van der Waals surface area contributed by atoms with E-state index >= 15 is 0 Å². The molecule has 4 rings (SSSR count). The molecule has 1 aliphatic carbocycles. The van der Waals surface area contributed by atoms with Crippen molar-refractivity contribution in [2.75, 3.05) is 6.54 Å². The van der Waals surface area contributed by atoms with Crippen molar-refractivity contribution in [2.24, 2.45) is 0 Å². The molecule has 9 heteroatoms. The van der Waals surface area contributed by atoms with E-state index in [-0.39, 0.29) is 29.0 Å². The van der Waals surface area contributed by atoms with Crippen molar-refractivity contribution >= 4 is 27.7 Å². The highest BCUT2D eigenvalue weighted by Crippen LogP contribution is 2.30. The van der Waals surface area contributed by atoms with Crippen molar-refractivity contribution in [3.8, 4) is 0 Å². The Balaban J connectivity index is 1.61. The predicted octanol–water partition coefficient (Wildman–Crippen LogP) is 3.01. The van der Waals surface area contributed by atoms with Crippen molar-refractivity contribution in [3.05, 3.63) is 65.2 Å². The fraction of sp³-hybridized carbons (Fsp3) is 0.423. The highest BCUT2D eigenvalue weighted by atomic mass is 32.2. The third-order valence-corrected chi connectivity index (χ3v) is 8.50. The Kier molecular flexibility index (Phi) is 7.25. The van der Waals surface area contributed by atoms with Crippen LogP contribution in [0.5, 0.6) is 0 Å². The number of nitrogens with one attached hydrogen (secondary N) is 1. The fourth-order valence-electron chi connectivity index (χ4n) is 4.90. The Labute approximate surface area is 206 Å². The molecule has 0 aromatic heterocycles. The van der Waals surface area contributed by atoms with Gasteiger partial charge in [0, 0.05) is 12.6 Å². The van der Waals surface area contributed by atoms with Gasteiger partial charge in [-0.15, -0.1) is 0 Å². The van der Waals surface area contributed by atoms with Crippen LogP contribution in [0.2, 0.25) is 0 Å². The smallest absolute Gasteiger partial charge is 0.269 e. The first-order valence-corrected chi connectivity index (χ1v) is 13.5. The SMILES string of the molecule is CCC(C(=O)NC1CCCC1)N(Cc1cccc(C)c1)C(=O)CN1C(=O)c2ccccc2S1(=O)=O. The van der Waals surface area contributed by atoms with Crippen molar-refractivity contribution in [1.82, 2.24) is 14.5 Å². The maximum atomic E-state index is 13.6. The molecule has 0 spiro atoms. The zero-order valence-corrected chi connectivity index (χ0v) is 20.9. The number of carbonyl (C=O) groups is 3. The number of rotatable bonds is 8. The van der Waals surface area contributed by atoms with Gasteiger partial charge in [0.1, 0.15) is 17.5 Å². The van der Waals surface area contributed by atoms with Crippen molar-refractivity contribution in [2.45, 2.75) is 69.5 Å². The lowest BCUT2D eigenvalue weighted by Gasteiger charge is -2.32. The van der Waals surface area contributed by atoms with Crippen molar-refractivity contribution in [3.63, 3.8) is 0 Å². The Morgan fingerprint density at radius 1 is 1.11 bits per heavy atom. The lowest BCUT2D eigenvalue weighted by Crippen LogP contribution is -2.53. The number of hydrogen-bond donors (Lipinski definition) is 1. The summed E-state index contributed by atoms with van der Waals surface area (Å²) in [4.78, 5) is 41.0. The molecule has 1 N–H and O–H groups in total. The number of carbonyl (C=O) groups excluding carboxylic acids is 3. The molecule has 1 unspecified atom stereocenters. The molecule has 2 aromatic rings. The summed E-state index contributed by atoms with van der Waals surface area (Å²) in [5.41, 5.74) is 1.88. The first kappa shape index (κ1) is 24.9. The largest absolute Gasteiger partial charge is 0.352 e. The summed E-state index contributed by atoms with van der Waals surface area (Å²) in [6, 6.07) is 12.8. The summed E-state index contributed by atoms with van der Waals surface area (Å²) in [6.07, 6.45) is 4.29. The third kappa shape index (κ3) is 5.10. The standard InChI is InChI=1S/C26H31N3O5S/c1-3-22(25(31)27-20-11-4-5-12-20)28(16-19-10-8-9-18(2)15-19)24(30)17-29-26(32)21-13-6-7-14-23(21)35(29,33)34/h6-10,13-15,20,22H,3-5,11-12,16-17H2,1-2H3,(H,27,31). The van der Waals surface area contributed by atoms with Crippen LogP contribution in [0, 0.1) is 6.92 Å². The van der Waals surface area contributed by atoms with E-state index in [2.05, 4.69) is 5.32 Å². The maximum Gasteiger partial charge on any atom is 0.269 e. The molecular formula is C26H31N3O5S. The molecule has 186 valence electrons. The quantitative estimate of drug-likeness (QED) is 0.604. The van der Waals surface area contributed by atoms with Crippen LogP contribution in [0.3, 0.4) is 0 Å². The molecule has 3 amide bonds. The van der Waals surface area contributed by atoms with E-state index in [1.54, 1.807) is 12.1 Å². The van der Waals surface area contributed by atoms with Crippen LogP contribution < -0.4 is 5.32 Å². The topological polar surface area (TPSA) is 104 Å². The lowest BCUT2D eigenvalue weighted by molar-refractivity contribution is -0.141. The van der Waals surface area contributed by atoms with Gasteiger partial charge in [0.15, 0.2) is 0 Å². The number of sulfonamides is 1. The summed E-state index contributed by atoms with van der Waals surface area (Å²) in [7, 11) is -4.14. The van der Waals surface area contributed by atoms with Crippen molar-refractivity contribution < 1.29 is 22.8 Å². The van der Waals surface area contributed by atoms with Gasteiger partial charge in [-0.05, 0) is 43.9 Å². The van der Waals surface area contributed by atoms with E-state index in [4.69, 9.17) is 0 Å². The van der Waals surface area contributed by atoms with Crippen LogP contribution in [0.4, 0.5) is 0 Å². The van der Waals surface area contributed by atoms with Gasteiger partial charge < -0.3 is 10.2 Å². The van der Waals surface area contributed by atoms with Gasteiger partial charge in [-0.25, -0.2) is 12.7 Å². The predicted molar refractivity (Wildman–Crippen MR) is 131 cm³/mol. The normalized spacial score (nSPS) is 17.8. The summed E-state index contributed by atoms with van der Waals surface area (Å²) >= 11 is 0. The molecular weight excluding hydrogens is 466 g/mol. The van der Waals surface area contributed by atoms with Gasteiger partial charge in [0.25, 0.3) is 15.9 Å². The molecule has 2 aromatic carbocycles. The number of fused-ring (bicyclic) bond motifs is 1. The molecule has 1 fully saturated rings. The Bertz CT molecular complexity index is 1240. The van der Waals surface area contributed by atoms with E-state index < -0.39 is 34.4 Å². The van der Waals surface area contributed by atoms with Crippen LogP contribution >= 0.6 is 0 Å². The van der Waals surface area contributed by atoms with Gasteiger partial charge in [0.05, 0.1) is 5.56 Å². The monoisotopic (exact) mass is 497 g/mol. The Morgan fingerprint density at radius 3 is 2.49 bits per heavy atom. The van der Waals surface area contributed by atoms with E-state index in [9.17, 15) is 22.8 Å². The van der Waals surface area contributed by atoms with Crippen LogP contribution in [-0.4, -0.2) is 54.0 Å². The zero-order chi connectivity index (χ0) is 25.2. The van der Waals surface area contributed by atoms with Crippen LogP contribution in [-0.2, 0) is 26.2 Å². The molecule has 35 heavy (non-hydrogen) atoms. The summed E-state index contributed by atoms with van der Waals surface area (Å²) in [5.74, 6) is -1.57. The number of nitrogens with zero attached hydrogens (tertiary/aromatic N) is 2. The van der Waals surface area contributed by atoms with Gasteiger partial charge >= 0.3 is 0 Å². The van der Waals surface area contributed by atoms with Crippen molar-refractivity contribution in [1.29, 1.82) is 0 Å². The molecule has 1 atom stereocenters. The molecule has 0 radical (unpaired) electrons. The van der Waals surface area contributed by atoms with E-state index in [0.717, 1.165) is 36.8 Å². The van der Waals surface area contributed by atoms with Gasteiger partial charge in [-0.1, -0.05) is 61.7 Å². The molecule has 8 nitrogen and oxygen atoms in total. The second-order valence-corrected chi connectivity index (χ2v) is 11.1. The summed E-state index contributed by atoms with van der Waals surface area (Å²) in [5, 5.41) is 3.06. The van der Waals surface area contributed by atoms with Crippen LogP contribution in [0.15, 0.2) is 53.4 Å². The average Bonchev–Trinajstić information content (AvgIpc) is 3.40. The van der Waals surface area contributed by atoms with Crippen LogP contribution in [0.1, 0.15) is 60.5 Å². The first-order chi connectivity index (χ1) is 16.7. The van der Waals surface area contributed by atoms with E-state index in [1.165, 1.54) is 17.0 Å². The molecule has 1 saturated carbocycles. The van der Waals surface area contributed by atoms with E-state index in [0.29, 0.717) is 10.7 Å². The first-order valence-electron chi connectivity index (χ1n) is 12.0. The second kappa shape index (κ2) is 10.2. The second-order valence-electron chi connectivity index (χ2n) is 9.24. The van der Waals surface area contributed by atoms with Crippen LogP contribution in [0.25, 0.3) is 0 Å². The highest BCUT2D eigenvalue weighted by molar-refractivity contribution is 7.90.